The summed E-state index contributed by atoms with van der Waals surface area (Å²) in [6, 6.07) is 48.0. The topological polar surface area (TPSA) is 13.1 Å². The van der Waals surface area contributed by atoms with Crippen molar-refractivity contribution < 1.29 is 4.42 Å². The first kappa shape index (κ1) is 31.0. The van der Waals surface area contributed by atoms with Crippen molar-refractivity contribution in [2.75, 3.05) is 0 Å². The fourth-order valence-corrected chi connectivity index (χ4v) is 7.24. The first-order chi connectivity index (χ1) is 24.5. The molecule has 0 N–H and O–H groups in total. The molecule has 0 amide bonds. The number of hydrogen-bond donors (Lipinski definition) is 0. The summed E-state index contributed by atoms with van der Waals surface area (Å²) >= 11 is 0. The van der Waals surface area contributed by atoms with E-state index < -0.39 is 0 Å². The standard InChI is InChI=1S/C49H36O/c1-5-33-30-48-43-26-22-41(23-27-43)39-18-14-37(15-19-39)35-10-8-34(9-11-35)36-12-16-38(17-13-36)40-20-24-42(25-21-40)47(33)31-44(48)28-29-49-46(7-3)45(6-2)32(4)50-49/h1,8-27,30-31H,6-7H2,2-4H3. The molecule has 7 aromatic rings. The molecule has 16 aliphatic carbocycles. The molecular weight excluding hydrogens is 605 g/mol. The Kier molecular flexibility index (Phi) is 8.04. The third-order valence-corrected chi connectivity index (χ3v) is 10.0. The Hall–Kier alpha value is -6.28. The van der Waals surface area contributed by atoms with Gasteiger partial charge in [0.25, 0.3) is 0 Å². The van der Waals surface area contributed by atoms with Gasteiger partial charge >= 0.3 is 0 Å². The molecule has 1 nitrogen and oxygen atoms in total. The van der Waals surface area contributed by atoms with E-state index in [0.717, 1.165) is 68.9 Å². The minimum Gasteiger partial charge on any atom is -0.452 e. The fourth-order valence-electron chi connectivity index (χ4n) is 7.24. The lowest BCUT2D eigenvalue weighted by Gasteiger charge is -2.14. The lowest BCUT2D eigenvalue weighted by molar-refractivity contribution is 0.517. The number of aryl methyl sites for hydroxylation is 1. The molecule has 1 heterocycles. The summed E-state index contributed by atoms with van der Waals surface area (Å²) in [6.07, 6.45) is 8.01. The highest BCUT2D eigenvalue weighted by Gasteiger charge is 2.16. The van der Waals surface area contributed by atoms with Crippen LogP contribution in [0.1, 0.15) is 47.6 Å². The van der Waals surface area contributed by atoms with Crippen molar-refractivity contribution in [1.29, 1.82) is 0 Å². The van der Waals surface area contributed by atoms with Crippen LogP contribution in [-0.4, -0.2) is 0 Å². The molecule has 0 saturated carbocycles. The first-order valence-electron chi connectivity index (χ1n) is 17.3. The highest BCUT2D eigenvalue weighted by atomic mass is 16.3. The van der Waals surface area contributed by atoms with Crippen molar-refractivity contribution >= 4 is 0 Å². The van der Waals surface area contributed by atoms with Crippen LogP contribution >= 0.6 is 0 Å². The molecule has 0 radical (unpaired) electrons. The van der Waals surface area contributed by atoms with E-state index >= 15 is 0 Å². The van der Waals surface area contributed by atoms with Gasteiger partial charge in [0.15, 0.2) is 5.76 Å². The number of hydrogen-bond acceptors (Lipinski definition) is 1. The highest BCUT2D eigenvalue weighted by molar-refractivity contribution is 5.84. The smallest absolute Gasteiger partial charge is 0.180 e. The van der Waals surface area contributed by atoms with Crippen LogP contribution in [0.3, 0.4) is 0 Å². The van der Waals surface area contributed by atoms with Crippen molar-refractivity contribution in [3.63, 3.8) is 0 Å². The number of rotatable bonds is 2. The van der Waals surface area contributed by atoms with Gasteiger partial charge < -0.3 is 4.42 Å². The fraction of sp³-hybridized carbons (Fsp3) is 0.102. The van der Waals surface area contributed by atoms with Gasteiger partial charge in [-0.15, -0.1) is 6.42 Å². The van der Waals surface area contributed by atoms with Gasteiger partial charge in [-0.1, -0.05) is 147 Å². The molecule has 0 unspecified atom stereocenters. The largest absolute Gasteiger partial charge is 0.452 e. The maximum absolute atomic E-state index is 6.21. The van der Waals surface area contributed by atoms with Crippen LogP contribution < -0.4 is 0 Å². The predicted molar refractivity (Wildman–Crippen MR) is 209 cm³/mol. The van der Waals surface area contributed by atoms with Gasteiger partial charge in [-0.3, -0.25) is 0 Å². The summed E-state index contributed by atoms with van der Waals surface area (Å²) in [6.45, 7) is 6.37. The summed E-state index contributed by atoms with van der Waals surface area (Å²) in [5.41, 5.74) is 17.7. The van der Waals surface area contributed by atoms with Crippen molar-refractivity contribution in [2.24, 2.45) is 0 Å². The van der Waals surface area contributed by atoms with Crippen LogP contribution in [0.4, 0.5) is 0 Å². The van der Waals surface area contributed by atoms with Crippen LogP contribution in [0.2, 0.25) is 0 Å². The third-order valence-electron chi connectivity index (χ3n) is 10.0. The van der Waals surface area contributed by atoms with E-state index in [1.54, 1.807) is 0 Å². The average Bonchev–Trinajstić information content (AvgIpc) is 3.50. The molecule has 50 heavy (non-hydrogen) atoms. The van der Waals surface area contributed by atoms with E-state index in [1.165, 1.54) is 44.5 Å². The normalized spacial score (nSPS) is 11.1. The second kappa shape index (κ2) is 13.0. The molecule has 0 aliphatic heterocycles. The molecule has 0 fully saturated rings. The Bertz CT molecular complexity index is 2450. The average molecular weight is 641 g/mol. The van der Waals surface area contributed by atoms with Gasteiger partial charge in [0.2, 0.25) is 0 Å². The molecule has 1 aromatic heterocycles. The van der Waals surface area contributed by atoms with Crippen LogP contribution in [0.25, 0.3) is 66.8 Å². The molecule has 23 rings (SSSR count). The maximum atomic E-state index is 6.21. The Morgan fingerprint density at radius 3 is 1.10 bits per heavy atom. The summed E-state index contributed by atoms with van der Waals surface area (Å²) in [5, 5.41) is 0. The van der Waals surface area contributed by atoms with E-state index in [4.69, 9.17) is 10.8 Å². The zero-order valence-electron chi connectivity index (χ0n) is 28.6. The summed E-state index contributed by atoms with van der Waals surface area (Å²) in [7, 11) is 0. The summed E-state index contributed by atoms with van der Waals surface area (Å²) < 4.78 is 6.21. The van der Waals surface area contributed by atoms with E-state index in [0.29, 0.717) is 0 Å². The monoisotopic (exact) mass is 640 g/mol. The number of benzene rings is 6. The maximum Gasteiger partial charge on any atom is 0.180 e. The highest BCUT2D eigenvalue weighted by Crippen LogP contribution is 2.36. The zero-order chi connectivity index (χ0) is 34.2. The minimum atomic E-state index is 0.750. The van der Waals surface area contributed by atoms with Gasteiger partial charge in [0.05, 0.1) is 0 Å². The second-order valence-electron chi connectivity index (χ2n) is 12.9. The molecule has 6 aromatic carbocycles. The van der Waals surface area contributed by atoms with Crippen molar-refractivity contribution in [1.82, 2.24) is 0 Å². The quantitative estimate of drug-likeness (QED) is 0.171. The lowest BCUT2D eigenvalue weighted by Crippen LogP contribution is -1.93. The van der Waals surface area contributed by atoms with Crippen LogP contribution in [-0.2, 0) is 12.8 Å². The lowest BCUT2D eigenvalue weighted by atomic mass is 9.89. The van der Waals surface area contributed by atoms with E-state index in [-0.39, 0.29) is 0 Å². The SMILES string of the molecule is C#Cc1cc2c(C#Cc3oc(C)c(CC)c3CC)cc1-c1ccc(cc1)-c1ccc(cc1)-c1ccc(cc1)-c1ccc(cc1)-c1ccc-2cc1. The van der Waals surface area contributed by atoms with Crippen LogP contribution in [0, 0.1) is 31.1 Å². The Labute approximate surface area is 295 Å². The zero-order valence-corrected chi connectivity index (χ0v) is 28.6. The Balaban J connectivity index is 1.31. The van der Waals surface area contributed by atoms with Crippen molar-refractivity contribution in [2.45, 2.75) is 33.6 Å². The van der Waals surface area contributed by atoms with Gasteiger partial charge in [-0.25, -0.2) is 0 Å². The van der Waals surface area contributed by atoms with Gasteiger partial charge in [-0.05, 0) is 110 Å². The van der Waals surface area contributed by atoms with Crippen molar-refractivity contribution in [3.8, 4) is 90.9 Å². The molecule has 1 heteroatoms. The number of furan rings is 1. The van der Waals surface area contributed by atoms with Gasteiger partial charge in [0.1, 0.15) is 5.76 Å². The van der Waals surface area contributed by atoms with E-state index in [1.807, 2.05) is 6.92 Å². The summed E-state index contributed by atoms with van der Waals surface area (Å²) in [5.74, 6) is 11.6. The minimum absolute atomic E-state index is 0.750. The van der Waals surface area contributed by atoms with Crippen LogP contribution in [0.5, 0.6) is 0 Å². The number of terminal acetylenes is 1. The second-order valence-corrected chi connectivity index (χ2v) is 12.9. The summed E-state index contributed by atoms with van der Waals surface area (Å²) in [4.78, 5) is 0. The third kappa shape index (κ3) is 5.64. The molecule has 238 valence electrons. The first-order valence-corrected chi connectivity index (χ1v) is 17.3. The molecule has 0 saturated heterocycles. The van der Waals surface area contributed by atoms with Gasteiger partial charge in [0, 0.05) is 16.7 Å². The Morgan fingerprint density at radius 2 is 0.760 bits per heavy atom. The molecular formula is C49H36O. The van der Waals surface area contributed by atoms with E-state index in [2.05, 4.69) is 165 Å². The molecule has 0 spiro atoms. The molecule has 16 aliphatic rings. The van der Waals surface area contributed by atoms with Crippen molar-refractivity contribution in [3.05, 3.63) is 167 Å². The Morgan fingerprint density at radius 1 is 0.440 bits per heavy atom. The molecule has 0 atom stereocenters. The predicted octanol–water partition coefficient (Wildman–Crippen LogP) is 12.4. The van der Waals surface area contributed by atoms with Gasteiger partial charge in [-0.2, -0.15) is 0 Å². The van der Waals surface area contributed by atoms with E-state index in [9.17, 15) is 0 Å². The van der Waals surface area contributed by atoms with Crippen LogP contribution in [0.15, 0.2) is 138 Å². The molecule has 12 bridgehead atoms.